The largest absolute Gasteiger partial charge is 0.507 e. The number of amides is 1. The topological polar surface area (TPSA) is 119 Å². The molecule has 8 heteroatoms. The van der Waals surface area contributed by atoms with Gasteiger partial charge in [0.2, 0.25) is 5.91 Å². The summed E-state index contributed by atoms with van der Waals surface area (Å²) in [6, 6.07) is 16.8. The van der Waals surface area contributed by atoms with Crippen molar-refractivity contribution >= 4 is 23.1 Å². The number of anilines is 3. The molecule has 3 aromatic rings. The van der Waals surface area contributed by atoms with Gasteiger partial charge in [-0.1, -0.05) is 24.6 Å². The molecule has 3 heterocycles. The van der Waals surface area contributed by atoms with E-state index in [-0.39, 0.29) is 23.0 Å². The lowest BCUT2D eigenvalue weighted by atomic mass is 9.97. The van der Waals surface area contributed by atoms with E-state index in [9.17, 15) is 15.2 Å². The first-order valence-corrected chi connectivity index (χ1v) is 13.9. The van der Waals surface area contributed by atoms with E-state index >= 15 is 0 Å². The van der Waals surface area contributed by atoms with E-state index in [1.54, 1.807) is 24.3 Å². The lowest BCUT2D eigenvalue weighted by Gasteiger charge is -2.31. The van der Waals surface area contributed by atoms with Crippen molar-refractivity contribution in [1.82, 2.24) is 9.88 Å². The SMILES string of the molecule is N#Cc1c(-c2ccc(N3CCCCC3)c(NC(=O)CCN3CCCCC3)c2)cc(-c2ccccc2O)nc1N. The third-order valence-corrected chi connectivity index (χ3v) is 7.72. The molecule has 0 radical (unpaired) electrons. The number of benzene rings is 2. The molecular formula is C31H36N6O2. The average molecular weight is 525 g/mol. The number of nitrogens with zero attached hydrogens (tertiary/aromatic N) is 4. The number of carbonyl (C=O) groups is 1. The van der Waals surface area contributed by atoms with Crippen molar-refractivity contribution in [2.75, 3.05) is 48.7 Å². The van der Waals surface area contributed by atoms with Crippen LogP contribution in [0.3, 0.4) is 0 Å². The molecule has 4 N–H and O–H groups in total. The summed E-state index contributed by atoms with van der Waals surface area (Å²) in [7, 11) is 0. The van der Waals surface area contributed by atoms with Crippen molar-refractivity contribution in [2.24, 2.45) is 0 Å². The molecule has 0 aliphatic carbocycles. The van der Waals surface area contributed by atoms with Gasteiger partial charge in [0, 0.05) is 37.2 Å². The predicted molar refractivity (Wildman–Crippen MR) is 156 cm³/mol. The Morgan fingerprint density at radius 3 is 2.41 bits per heavy atom. The third kappa shape index (κ3) is 6.15. The van der Waals surface area contributed by atoms with Crippen LogP contribution in [0.25, 0.3) is 22.4 Å². The molecule has 1 amide bonds. The van der Waals surface area contributed by atoms with Crippen molar-refractivity contribution in [3.8, 4) is 34.2 Å². The Labute approximate surface area is 230 Å². The summed E-state index contributed by atoms with van der Waals surface area (Å²) in [5, 5.41) is 23.5. The van der Waals surface area contributed by atoms with Crippen LogP contribution in [-0.4, -0.2) is 53.6 Å². The number of pyridine rings is 1. The maximum absolute atomic E-state index is 13.1. The van der Waals surface area contributed by atoms with E-state index in [0.717, 1.165) is 62.5 Å². The van der Waals surface area contributed by atoms with Crippen LogP contribution in [-0.2, 0) is 4.79 Å². The summed E-state index contributed by atoms with van der Waals surface area (Å²) in [4.78, 5) is 22.2. The highest BCUT2D eigenvalue weighted by Gasteiger charge is 2.20. The molecule has 0 spiro atoms. The van der Waals surface area contributed by atoms with E-state index in [1.807, 2.05) is 24.3 Å². The second kappa shape index (κ2) is 12.2. The number of aromatic nitrogens is 1. The van der Waals surface area contributed by atoms with E-state index < -0.39 is 0 Å². The summed E-state index contributed by atoms with van der Waals surface area (Å²) in [6.45, 7) is 4.76. The molecule has 39 heavy (non-hydrogen) atoms. The van der Waals surface area contributed by atoms with Gasteiger partial charge in [0.1, 0.15) is 23.2 Å². The smallest absolute Gasteiger partial charge is 0.225 e. The van der Waals surface area contributed by atoms with Crippen LogP contribution < -0.4 is 16.0 Å². The summed E-state index contributed by atoms with van der Waals surface area (Å²) in [5.41, 5.74) is 10.6. The maximum Gasteiger partial charge on any atom is 0.225 e. The number of likely N-dealkylation sites (tertiary alicyclic amines) is 1. The fourth-order valence-corrected chi connectivity index (χ4v) is 5.61. The minimum Gasteiger partial charge on any atom is -0.507 e. The van der Waals surface area contributed by atoms with Crippen molar-refractivity contribution < 1.29 is 9.90 Å². The van der Waals surface area contributed by atoms with E-state index in [4.69, 9.17) is 5.73 Å². The minimum absolute atomic E-state index is 0.0133. The highest BCUT2D eigenvalue weighted by molar-refractivity contribution is 5.96. The number of aromatic hydroxyl groups is 1. The lowest BCUT2D eigenvalue weighted by Crippen LogP contribution is -2.33. The van der Waals surface area contributed by atoms with Crippen molar-refractivity contribution in [2.45, 2.75) is 44.9 Å². The number of piperidine rings is 2. The average Bonchev–Trinajstić information content (AvgIpc) is 2.97. The standard InChI is InChI=1S/C31H36N6O2/c32-21-25-24(20-26(35-31(25)33)23-9-3-4-10-29(23)38)22-11-12-28(37-16-7-2-8-17-37)27(19-22)34-30(39)13-18-36-14-5-1-6-15-36/h3-4,9-12,19-20,38H,1-2,5-8,13-18H2,(H2,33,35)(H,34,39). The van der Waals surface area contributed by atoms with Gasteiger partial charge in [-0.3, -0.25) is 4.79 Å². The van der Waals surface area contributed by atoms with Gasteiger partial charge in [0.15, 0.2) is 0 Å². The number of nitrogens with two attached hydrogens (primary N) is 1. The van der Waals surface area contributed by atoms with Crippen LogP contribution in [0.5, 0.6) is 5.75 Å². The number of hydrogen-bond acceptors (Lipinski definition) is 7. The Morgan fingerprint density at radius 2 is 1.69 bits per heavy atom. The number of carbonyl (C=O) groups excluding carboxylic acids is 1. The molecule has 2 fully saturated rings. The summed E-state index contributed by atoms with van der Waals surface area (Å²) in [5.74, 6) is 0.170. The number of nitriles is 1. The number of phenolic OH excluding ortho intramolecular Hbond substituents is 1. The zero-order valence-corrected chi connectivity index (χ0v) is 22.3. The normalized spacial score (nSPS) is 16.0. The van der Waals surface area contributed by atoms with Crippen molar-refractivity contribution in [3.63, 3.8) is 0 Å². The van der Waals surface area contributed by atoms with Gasteiger partial charge in [0.05, 0.1) is 17.1 Å². The third-order valence-electron chi connectivity index (χ3n) is 7.72. The van der Waals surface area contributed by atoms with E-state index in [0.29, 0.717) is 23.2 Å². The van der Waals surface area contributed by atoms with E-state index in [2.05, 4.69) is 26.2 Å². The first-order valence-electron chi connectivity index (χ1n) is 13.9. The number of para-hydroxylation sites is 1. The molecule has 2 aliphatic rings. The van der Waals surface area contributed by atoms with Gasteiger partial charge in [-0.05, 0) is 81.1 Å². The number of phenols is 1. The molecule has 1 aromatic heterocycles. The fraction of sp³-hybridized carbons (Fsp3) is 0.387. The van der Waals surface area contributed by atoms with Gasteiger partial charge < -0.3 is 26.0 Å². The molecule has 2 aromatic carbocycles. The van der Waals surface area contributed by atoms with Crippen LogP contribution in [0.1, 0.15) is 50.5 Å². The molecule has 2 aliphatic heterocycles. The second-order valence-electron chi connectivity index (χ2n) is 10.4. The highest BCUT2D eigenvalue weighted by Crippen LogP contribution is 2.38. The monoisotopic (exact) mass is 524 g/mol. The molecule has 0 bridgehead atoms. The van der Waals surface area contributed by atoms with Gasteiger partial charge >= 0.3 is 0 Å². The number of nitrogen functional groups attached to an aromatic ring is 1. The number of hydrogen-bond donors (Lipinski definition) is 3. The molecule has 5 rings (SSSR count). The molecule has 202 valence electrons. The van der Waals surface area contributed by atoms with Gasteiger partial charge in [-0.25, -0.2) is 4.98 Å². The van der Waals surface area contributed by atoms with Crippen LogP contribution in [0.4, 0.5) is 17.2 Å². The number of nitrogens with one attached hydrogen (secondary N) is 1. The van der Waals surface area contributed by atoms with Crippen LogP contribution in [0, 0.1) is 11.3 Å². The lowest BCUT2D eigenvalue weighted by molar-refractivity contribution is -0.116. The predicted octanol–water partition coefficient (Wildman–Crippen LogP) is 5.38. The first kappa shape index (κ1) is 26.5. The minimum atomic E-state index is -0.0133. The Hall–Kier alpha value is -4.09. The second-order valence-corrected chi connectivity index (χ2v) is 10.4. The van der Waals surface area contributed by atoms with E-state index in [1.165, 1.54) is 25.7 Å². The Morgan fingerprint density at radius 1 is 0.974 bits per heavy atom. The Kier molecular flexibility index (Phi) is 8.28. The molecule has 0 atom stereocenters. The Bertz CT molecular complexity index is 1370. The molecule has 0 saturated carbocycles. The summed E-state index contributed by atoms with van der Waals surface area (Å²) >= 11 is 0. The van der Waals surface area contributed by atoms with Gasteiger partial charge in [-0.15, -0.1) is 0 Å². The molecule has 8 nitrogen and oxygen atoms in total. The fourth-order valence-electron chi connectivity index (χ4n) is 5.61. The Balaban J connectivity index is 1.50. The first-order chi connectivity index (χ1) is 19.0. The summed E-state index contributed by atoms with van der Waals surface area (Å²) in [6.07, 6.45) is 7.55. The van der Waals surface area contributed by atoms with Crippen LogP contribution in [0.2, 0.25) is 0 Å². The van der Waals surface area contributed by atoms with Gasteiger partial charge in [-0.2, -0.15) is 5.26 Å². The van der Waals surface area contributed by atoms with Crippen LogP contribution in [0.15, 0.2) is 48.5 Å². The maximum atomic E-state index is 13.1. The highest BCUT2D eigenvalue weighted by atomic mass is 16.3. The zero-order chi connectivity index (χ0) is 27.2. The van der Waals surface area contributed by atoms with Crippen LogP contribution >= 0.6 is 0 Å². The molecule has 0 unspecified atom stereocenters. The quantitative estimate of drug-likeness (QED) is 0.380. The molecular weight excluding hydrogens is 488 g/mol. The molecule has 2 saturated heterocycles. The van der Waals surface area contributed by atoms with Crippen molar-refractivity contribution in [1.29, 1.82) is 5.26 Å². The van der Waals surface area contributed by atoms with Gasteiger partial charge in [0.25, 0.3) is 0 Å². The van der Waals surface area contributed by atoms with Crippen molar-refractivity contribution in [3.05, 3.63) is 54.1 Å². The number of rotatable bonds is 7. The zero-order valence-electron chi connectivity index (χ0n) is 22.3. The summed E-state index contributed by atoms with van der Waals surface area (Å²) < 4.78 is 0.